The minimum atomic E-state index is -1.35. The smallest absolute Gasteiger partial charge is 0.329 e. The van der Waals surface area contributed by atoms with E-state index in [-0.39, 0.29) is 25.2 Å². The van der Waals surface area contributed by atoms with Gasteiger partial charge in [-0.2, -0.15) is 0 Å². The first-order valence-electron chi connectivity index (χ1n) is 8.11. The first-order chi connectivity index (χ1) is 11.5. The Morgan fingerprint density at radius 2 is 1.50 bits per heavy atom. The molecule has 1 aromatic rings. The molecule has 0 saturated heterocycles. The van der Waals surface area contributed by atoms with Gasteiger partial charge in [-0.1, -0.05) is 26.8 Å². The average Bonchev–Trinajstić information content (AvgIpc) is 2.61. The van der Waals surface area contributed by atoms with Crippen LogP contribution in [-0.4, -0.2) is 32.8 Å². The summed E-state index contributed by atoms with van der Waals surface area (Å²) >= 11 is 0. The molecule has 134 valence electrons. The van der Waals surface area contributed by atoms with Gasteiger partial charge in [0.05, 0.1) is 20.8 Å². The monoisotopic (exact) mass is 338 g/mol. The first-order valence-corrected chi connectivity index (χ1v) is 8.11. The summed E-state index contributed by atoms with van der Waals surface area (Å²) in [5.74, 6) is -0.372. The maximum atomic E-state index is 12.8. The van der Waals surface area contributed by atoms with Crippen molar-refractivity contribution in [2.75, 3.05) is 20.8 Å². The highest BCUT2D eigenvalue weighted by molar-refractivity contribution is 6.01. The lowest BCUT2D eigenvalue weighted by atomic mass is 9.82. The Hall–Kier alpha value is -2.24. The Morgan fingerprint density at radius 3 is 1.92 bits per heavy atom. The molecule has 0 aliphatic rings. The van der Waals surface area contributed by atoms with Crippen LogP contribution in [0.25, 0.3) is 0 Å². The molecule has 1 rings (SSSR count). The topological polar surface area (TPSA) is 71.1 Å². The van der Waals surface area contributed by atoms with Crippen molar-refractivity contribution in [1.82, 2.24) is 0 Å². The van der Waals surface area contributed by atoms with Crippen LogP contribution in [0.5, 0.6) is 17.2 Å². The number of hydrogen-bond acceptors (Lipinski definition) is 6. The van der Waals surface area contributed by atoms with Crippen LogP contribution in [0, 0.1) is 5.41 Å². The summed E-state index contributed by atoms with van der Waals surface area (Å²) in [7, 11) is 2.93. The summed E-state index contributed by atoms with van der Waals surface area (Å²) in [6, 6.07) is 5.03. The van der Waals surface area contributed by atoms with Crippen molar-refractivity contribution >= 4 is 11.9 Å². The highest BCUT2D eigenvalue weighted by Crippen LogP contribution is 2.39. The summed E-state index contributed by atoms with van der Waals surface area (Å²) < 4.78 is 21.2. The maximum Gasteiger partial charge on any atom is 0.329 e. The van der Waals surface area contributed by atoms with E-state index in [1.165, 1.54) is 14.2 Å². The van der Waals surface area contributed by atoms with E-state index < -0.39 is 17.4 Å². The summed E-state index contributed by atoms with van der Waals surface area (Å²) in [6.07, 6.45) is 1.25. The normalized spacial score (nSPS) is 10.9. The molecule has 0 unspecified atom stereocenters. The second kappa shape index (κ2) is 9.15. The predicted molar refractivity (Wildman–Crippen MR) is 89.4 cm³/mol. The lowest BCUT2D eigenvalue weighted by Crippen LogP contribution is -2.42. The number of rotatable bonds is 9. The Morgan fingerprint density at radius 1 is 0.958 bits per heavy atom. The Labute approximate surface area is 143 Å². The van der Waals surface area contributed by atoms with Gasteiger partial charge in [0, 0.05) is 0 Å². The van der Waals surface area contributed by atoms with Gasteiger partial charge in [-0.15, -0.1) is 0 Å². The molecule has 0 saturated carbocycles. The molecule has 0 radical (unpaired) electrons. The Balaban J connectivity index is 3.16. The quantitative estimate of drug-likeness (QED) is 0.390. The van der Waals surface area contributed by atoms with Gasteiger partial charge in [0.15, 0.2) is 16.9 Å². The molecular formula is C18H26O6. The SMILES string of the molecule is CCCOC(=O)C(CC)(CC)C(=O)Oc1c(OC)cccc1OC. The number of ether oxygens (including phenoxy) is 4. The largest absolute Gasteiger partial charge is 0.493 e. The van der Waals surface area contributed by atoms with Crippen molar-refractivity contribution in [2.24, 2.45) is 5.41 Å². The molecule has 6 nitrogen and oxygen atoms in total. The number of carbonyl (C=O) groups is 2. The van der Waals surface area contributed by atoms with E-state index in [1.54, 1.807) is 32.0 Å². The minimum Gasteiger partial charge on any atom is -0.493 e. The fraction of sp³-hybridized carbons (Fsp3) is 0.556. The van der Waals surface area contributed by atoms with Crippen molar-refractivity contribution in [3.63, 3.8) is 0 Å². The van der Waals surface area contributed by atoms with E-state index in [4.69, 9.17) is 18.9 Å². The molecule has 0 fully saturated rings. The van der Waals surface area contributed by atoms with Crippen LogP contribution in [0.15, 0.2) is 18.2 Å². The molecule has 0 N–H and O–H groups in total. The van der Waals surface area contributed by atoms with Gasteiger partial charge in [-0.3, -0.25) is 9.59 Å². The highest BCUT2D eigenvalue weighted by Gasteiger charge is 2.46. The fourth-order valence-electron chi connectivity index (χ4n) is 2.35. The number of para-hydroxylation sites is 1. The van der Waals surface area contributed by atoms with E-state index in [9.17, 15) is 9.59 Å². The van der Waals surface area contributed by atoms with Crippen LogP contribution < -0.4 is 14.2 Å². The van der Waals surface area contributed by atoms with Crippen LogP contribution in [0.2, 0.25) is 0 Å². The molecule has 6 heteroatoms. The first kappa shape index (κ1) is 19.8. The van der Waals surface area contributed by atoms with Crippen LogP contribution in [0.3, 0.4) is 0 Å². The maximum absolute atomic E-state index is 12.8. The van der Waals surface area contributed by atoms with Gasteiger partial charge < -0.3 is 18.9 Å². The van der Waals surface area contributed by atoms with E-state index >= 15 is 0 Å². The molecule has 0 aromatic heterocycles. The Bertz CT molecular complexity index is 540. The van der Waals surface area contributed by atoms with E-state index in [2.05, 4.69) is 0 Å². The third-order valence-corrected chi connectivity index (χ3v) is 4.00. The zero-order valence-corrected chi connectivity index (χ0v) is 15.0. The van der Waals surface area contributed by atoms with Gasteiger partial charge in [-0.05, 0) is 31.4 Å². The van der Waals surface area contributed by atoms with Gasteiger partial charge in [0.1, 0.15) is 0 Å². The van der Waals surface area contributed by atoms with Crippen LogP contribution in [-0.2, 0) is 14.3 Å². The number of esters is 2. The summed E-state index contributed by atoms with van der Waals surface area (Å²) in [5, 5.41) is 0. The summed E-state index contributed by atoms with van der Waals surface area (Å²) in [5.41, 5.74) is -1.35. The van der Waals surface area contributed by atoms with Crippen molar-refractivity contribution in [3.05, 3.63) is 18.2 Å². The van der Waals surface area contributed by atoms with Crippen molar-refractivity contribution in [1.29, 1.82) is 0 Å². The number of methoxy groups -OCH3 is 2. The third-order valence-electron chi connectivity index (χ3n) is 4.00. The Kier molecular flexibility index (Phi) is 7.55. The summed E-state index contributed by atoms with van der Waals surface area (Å²) in [6.45, 7) is 5.69. The second-order valence-electron chi connectivity index (χ2n) is 5.31. The standard InChI is InChI=1S/C18H26O6/c1-6-12-23-16(19)18(7-2,8-3)17(20)24-15-13(21-4)10-9-11-14(15)22-5/h9-11H,6-8,12H2,1-5H3. The van der Waals surface area contributed by atoms with Crippen molar-refractivity contribution < 1.29 is 28.5 Å². The van der Waals surface area contributed by atoms with Crippen LogP contribution in [0.4, 0.5) is 0 Å². The highest BCUT2D eigenvalue weighted by atomic mass is 16.6. The molecule has 0 spiro atoms. The third kappa shape index (κ3) is 3.99. The van der Waals surface area contributed by atoms with E-state index in [0.717, 1.165) is 0 Å². The van der Waals surface area contributed by atoms with Crippen molar-refractivity contribution in [3.8, 4) is 17.2 Å². The van der Waals surface area contributed by atoms with Gasteiger partial charge in [0.2, 0.25) is 5.75 Å². The second-order valence-corrected chi connectivity index (χ2v) is 5.31. The average molecular weight is 338 g/mol. The molecule has 1 aromatic carbocycles. The number of hydrogen-bond donors (Lipinski definition) is 0. The fourth-order valence-corrected chi connectivity index (χ4v) is 2.35. The molecular weight excluding hydrogens is 312 g/mol. The lowest BCUT2D eigenvalue weighted by Gasteiger charge is -2.27. The zero-order chi connectivity index (χ0) is 18.2. The summed E-state index contributed by atoms with van der Waals surface area (Å²) in [4.78, 5) is 25.2. The molecule has 0 aliphatic heterocycles. The molecule has 24 heavy (non-hydrogen) atoms. The van der Waals surface area contributed by atoms with Gasteiger partial charge >= 0.3 is 11.9 Å². The number of benzene rings is 1. The molecule has 0 bridgehead atoms. The molecule has 0 atom stereocenters. The van der Waals surface area contributed by atoms with Crippen LogP contribution >= 0.6 is 0 Å². The van der Waals surface area contributed by atoms with Gasteiger partial charge in [0.25, 0.3) is 0 Å². The molecule has 0 amide bonds. The predicted octanol–water partition coefficient (Wildman–Crippen LogP) is 3.37. The lowest BCUT2D eigenvalue weighted by molar-refractivity contribution is -0.168. The molecule has 0 aliphatic carbocycles. The van der Waals surface area contributed by atoms with Crippen LogP contribution in [0.1, 0.15) is 40.0 Å². The molecule has 0 heterocycles. The van der Waals surface area contributed by atoms with E-state index in [0.29, 0.717) is 17.9 Å². The zero-order valence-electron chi connectivity index (χ0n) is 15.0. The van der Waals surface area contributed by atoms with E-state index in [1.807, 2.05) is 6.92 Å². The van der Waals surface area contributed by atoms with Gasteiger partial charge in [-0.25, -0.2) is 0 Å². The van der Waals surface area contributed by atoms with Crippen molar-refractivity contribution in [2.45, 2.75) is 40.0 Å². The minimum absolute atomic E-state index is 0.155. The number of carbonyl (C=O) groups excluding carboxylic acids is 2.